The van der Waals surface area contributed by atoms with E-state index in [9.17, 15) is 4.79 Å². The van der Waals surface area contributed by atoms with E-state index in [-0.39, 0.29) is 5.54 Å². The van der Waals surface area contributed by atoms with Gasteiger partial charge in [0.15, 0.2) is 0 Å². The minimum atomic E-state index is -0.173. The topological polar surface area (TPSA) is 32.3 Å². The fourth-order valence-corrected chi connectivity index (χ4v) is 4.64. The monoisotopic (exact) mass is 278 g/mol. The Labute approximate surface area is 123 Å². The van der Waals surface area contributed by atoms with E-state index in [0.29, 0.717) is 12.1 Å². The second-order valence-corrected chi connectivity index (χ2v) is 7.15. The minimum Gasteiger partial charge on any atom is -0.326 e. The van der Waals surface area contributed by atoms with E-state index < -0.39 is 0 Å². The maximum absolute atomic E-state index is 12.8. The van der Waals surface area contributed by atoms with Crippen LogP contribution in [-0.4, -0.2) is 29.1 Å². The highest BCUT2D eigenvalue weighted by atomic mass is 16.2. The molecule has 3 aliphatic rings. The molecule has 1 saturated heterocycles. The first kappa shape index (κ1) is 14.4. The molecule has 0 aromatic heterocycles. The number of amides is 1. The highest BCUT2D eigenvalue weighted by Gasteiger charge is 2.51. The quantitative estimate of drug-likeness (QED) is 0.835. The van der Waals surface area contributed by atoms with Crippen molar-refractivity contribution < 1.29 is 4.79 Å². The van der Waals surface area contributed by atoms with E-state index in [4.69, 9.17) is 0 Å². The smallest absolute Gasteiger partial charge is 0.244 e. The molecule has 3 rings (SSSR count). The fraction of sp³-hybridized carbons (Fsp3) is 0.941. The Morgan fingerprint density at radius 1 is 1.20 bits per heavy atom. The molecule has 114 valence electrons. The molecule has 0 radical (unpaired) electrons. The molecule has 3 fully saturated rings. The zero-order valence-electron chi connectivity index (χ0n) is 13.0. The van der Waals surface area contributed by atoms with Crippen molar-refractivity contribution >= 4 is 5.91 Å². The Morgan fingerprint density at radius 2 is 1.90 bits per heavy atom. The summed E-state index contributed by atoms with van der Waals surface area (Å²) in [4.78, 5) is 15.0. The van der Waals surface area contributed by atoms with Gasteiger partial charge in [0.1, 0.15) is 0 Å². The average molecular weight is 278 g/mol. The summed E-state index contributed by atoms with van der Waals surface area (Å²) in [6.45, 7) is 3.17. The van der Waals surface area contributed by atoms with E-state index in [0.717, 1.165) is 31.7 Å². The van der Waals surface area contributed by atoms with Crippen molar-refractivity contribution in [1.29, 1.82) is 0 Å². The lowest BCUT2D eigenvalue weighted by atomic mass is 9.97. The largest absolute Gasteiger partial charge is 0.326 e. The number of hydrogen-bond acceptors (Lipinski definition) is 2. The van der Waals surface area contributed by atoms with Gasteiger partial charge in [0, 0.05) is 6.54 Å². The molecule has 1 atom stereocenters. The molecule has 1 spiro atoms. The van der Waals surface area contributed by atoms with Gasteiger partial charge in [-0.15, -0.1) is 0 Å². The van der Waals surface area contributed by atoms with E-state index in [1.54, 1.807) is 0 Å². The molecular weight excluding hydrogens is 248 g/mol. The molecule has 2 aliphatic carbocycles. The van der Waals surface area contributed by atoms with Gasteiger partial charge in [-0.1, -0.05) is 45.4 Å². The molecule has 3 nitrogen and oxygen atoms in total. The summed E-state index contributed by atoms with van der Waals surface area (Å²) in [5, 5.41) is 3.67. The summed E-state index contributed by atoms with van der Waals surface area (Å²) >= 11 is 0. The average Bonchev–Trinajstić information content (AvgIpc) is 3.17. The zero-order chi connectivity index (χ0) is 14.0. The lowest BCUT2D eigenvalue weighted by Crippen LogP contribution is -2.44. The maximum atomic E-state index is 12.8. The van der Waals surface area contributed by atoms with Crippen LogP contribution in [0.1, 0.15) is 77.6 Å². The summed E-state index contributed by atoms with van der Waals surface area (Å²) in [5.41, 5.74) is -0.173. The van der Waals surface area contributed by atoms with E-state index in [2.05, 4.69) is 17.1 Å². The van der Waals surface area contributed by atoms with E-state index in [1.165, 1.54) is 51.4 Å². The summed E-state index contributed by atoms with van der Waals surface area (Å²) in [7, 11) is 0. The van der Waals surface area contributed by atoms with Crippen molar-refractivity contribution in [1.82, 2.24) is 10.2 Å². The van der Waals surface area contributed by atoms with Gasteiger partial charge in [-0.3, -0.25) is 10.1 Å². The predicted octanol–water partition coefficient (Wildman–Crippen LogP) is 3.44. The molecule has 1 N–H and O–H groups in total. The van der Waals surface area contributed by atoms with Crippen molar-refractivity contribution in [2.45, 2.75) is 89.3 Å². The molecule has 20 heavy (non-hydrogen) atoms. The molecule has 1 unspecified atom stereocenters. The summed E-state index contributed by atoms with van der Waals surface area (Å²) < 4.78 is 0. The Hall–Kier alpha value is -0.570. The Kier molecular flexibility index (Phi) is 4.34. The van der Waals surface area contributed by atoms with Crippen molar-refractivity contribution in [3.8, 4) is 0 Å². The first-order valence-corrected chi connectivity index (χ1v) is 8.84. The second-order valence-electron chi connectivity index (χ2n) is 7.15. The van der Waals surface area contributed by atoms with Crippen molar-refractivity contribution in [2.24, 2.45) is 5.92 Å². The van der Waals surface area contributed by atoms with Crippen LogP contribution in [0.2, 0.25) is 0 Å². The normalized spacial score (nSPS) is 29.9. The first-order valence-electron chi connectivity index (χ1n) is 8.84. The van der Waals surface area contributed by atoms with Crippen LogP contribution in [0.15, 0.2) is 0 Å². The molecule has 0 aromatic rings. The maximum Gasteiger partial charge on any atom is 0.244 e. The zero-order valence-corrected chi connectivity index (χ0v) is 13.0. The van der Waals surface area contributed by atoms with Gasteiger partial charge < -0.3 is 4.90 Å². The third-order valence-electron chi connectivity index (χ3n) is 5.82. The molecule has 1 aliphatic heterocycles. The number of carbonyl (C=O) groups excluding carboxylic acids is 1. The van der Waals surface area contributed by atoms with E-state index in [1.807, 2.05) is 0 Å². The van der Waals surface area contributed by atoms with Crippen LogP contribution in [0.25, 0.3) is 0 Å². The summed E-state index contributed by atoms with van der Waals surface area (Å²) in [5.74, 6) is 1.36. The van der Waals surface area contributed by atoms with Gasteiger partial charge in [0.25, 0.3) is 0 Å². The minimum absolute atomic E-state index is 0.173. The van der Waals surface area contributed by atoms with Crippen LogP contribution in [0.3, 0.4) is 0 Å². The summed E-state index contributed by atoms with van der Waals surface area (Å²) in [6, 6.07) is 0. The van der Waals surface area contributed by atoms with Crippen LogP contribution in [0, 0.1) is 5.92 Å². The Bertz CT molecular complexity index is 343. The lowest BCUT2D eigenvalue weighted by molar-refractivity contribution is -0.133. The van der Waals surface area contributed by atoms with Gasteiger partial charge >= 0.3 is 0 Å². The summed E-state index contributed by atoms with van der Waals surface area (Å²) in [6.07, 6.45) is 14.1. The molecule has 0 aromatic carbocycles. The standard InChI is InChI=1S/C17H30N2O/c1-2-15-18-17(11-5-6-12-17)16(20)19(15)13-7-10-14-8-3-4-9-14/h14-15,18H,2-13H2,1H3. The number of rotatable bonds is 5. The van der Waals surface area contributed by atoms with Gasteiger partial charge in [0.05, 0.1) is 11.7 Å². The Morgan fingerprint density at radius 3 is 2.55 bits per heavy atom. The SMILES string of the molecule is CCC1NC2(CCCC2)C(=O)N1CCCC1CCCC1. The van der Waals surface area contributed by atoms with Crippen LogP contribution in [0.5, 0.6) is 0 Å². The van der Waals surface area contributed by atoms with Crippen LogP contribution >= 0.6 is 0 Å². The van der Waals surface area contributed by atoms with Gasteiger partial charge in [0.2, 0.25) is 5.91 Å². The Balaban J connectivity index is 1.55. The van der Waals surface area contributed by atoms with Crippen LogP contribution in [0.4, 0.5) is 0 Å². The number of nitrogens with one attached hydrogen (secondary N) is 1. The number of carbonyl (C=O) groups is 1. The highest BCUT2D eigenvalue weighted by Crippen LogP contribution is 2.37. The second kappa shape index (κ2) is 6.05. The van der Waals surface area contributed by atoms with E-state index >= 15 is 0 Å². The van der Waals surface area contributed by atoms with Gasteiger partial charge in [-0.2, -0.15) is 0 Å². The number of hydrogen-bond donors (Lipinski definition) is 1. The predicted molar refractivity (Wildman–Crippen MR) is 81.3 cm³/mol. The highest BCUT2D eigenvalue weighted by molar-refractivity contribution is 5.89. The fourth-order valence-electron chi connectivity index (χ4n) is 4.64. The first-order chi connectivity index (χ1) is 9.75. The van der Waals surface area contributed by atoms with Gasteiger partial charge in [-0.25, -0.2) is 0 Å². The van der Waals surface area contributed by atoms with Crippen LogP contribution in [-0.2, 0) is 4.79 Å². The molecule has 2 saturated carbocycles. The van der Waals surface area contributed by atoms with Crippen molar-refractivity contribution in [2.75, 3.05) is 6.54 Å². The molecule has 0 bridgehead atoms. The molecule has 3 heteroatoms. The molecule has 1 amide bonds. The number of nitrogens with zero attached hydrogens (tertiary/aromatic N) is 1. The third kappa shape index (κ3) is 2.61. The van der Waals surface area contributed by atoms with Crippen LogP contribution < -0.4 is 5.32 Å². The molecule has 1 heterocycles. The van der Waals surface area contributed by atoms with Crippen molar-refractivity contribution in [3.63, 3.8) is 0 Å². The van der Waals surface area contributed by atoms with Gasteiger partial charge in [-0.05, 0) is 38.0 Å². The van der Waals surface area contributed by atoms with Crippen molar-refractivity contribution in [3.05, 3.63) is 0 Å². The molecular formula is C17H30N2O. The third-order valence-corrected chi connectivity index (χ3v) is 5.82. The lowest BCUT2D eigenvalue weighted by Gasteiger charge is -2.23.